The van der Waals surface area contributed by atoms with Gasteiger partial charge in [0, 0.05) is 30.5 Å². The van der Waals surface area contributed by atoms with Gasteiger partial charge in [-0.3, -0.25) is 4.79 Å². The Kier molecular flexibility index (Phi) is 3.76. The first-order valence-electron chi connectivity index (χ1n) is 7.04. The van der Waals surface area contributed by atoms with E-state index in [1.165, 1.54) is 32.1 Å². The largest absolute Gasteiger partial charge is 0.334 e. The van der Waals surface area contributed by atoms with Gasteiger partial charge in [0.1, 0.15) is 0 Å². The van der Waals surface area contributed by atoms with Crippen molar-refractivity contribution >= 4 is 5.91 Å². The smallest absolute Gasteiger partial charge is 0.223 e. The fourth-order valence-electron chi connectivity index (χ4n) is 3.66. The summed E-state index contributed by atoms with van der Waals surface area (Å²) in [6.45, 7) is 5.44. The van der Waals surface area contributed by atoms with Gasteiger partial charge >= 0.3 is 0 Å². The molecule has 0 spiro atoms. The van der Waals surface area contributed by atoms with E-state index in [4.69, 9.17) is 0 Å². The molecule has 1 unspecified atom stereocenters. The molecule has 0 aromatic carbocycles. The molecule has 0 aromatic rings. The van der Waals surface area contributed by atoms with Gasteiger partial charge in [0.05, 0.1) is 0 Å². The second-order valence-corrected chi connectivity index (χ2v) is 6.17. The molecule has 0 aromatic heterocycles. The lowest BCUT2D eigenvalue weighted by molar-refractivity contribution is -0.134. The molecule has 1 atom stereocenters. The highest BCUT2D eigenvalue weighted by Crippen LogP contribution is 2.39. The zero-order chi connectivity index (χ0) is 12.5. The molecule has 1 saturated carbocycles. The highest BCUT2D eigenvalue weighted by Gasteiger charge is 2.48. The lowest BCUT2D eigenvalue weighted by Crippen LogP contribution is -2.51. The minimum atomic E-state index is 0.0299. The maximum absolute atomic E-state index is 12.3. The van der Waals surface area contributed by atoms with Crippen LogP contribution >= 0.6 is 0 Å². The zero-order valence-corrected chi connectivity index (χ0v) is 11.5. The molecule has 98 valence electrons. The van der Waals surface area contributed by atoms with Crippen LogP contribution in [-0.2, 0) is 4.79 Å². The number of likely N-dealkylation sites (tertiary alicyclic amines) is 1. The molecule has 0 bridgehead atoms. The third kappa shape index (κ3) is 2.35. The van der Waals surface area contributed by atoms with E-state index in [2.05, 4.69) is 24.1 Å². The Morgan fingerprint density at radius 1 is 1.29 bits per heavy atom. The lowest BCUT2D eigenvalue weighted by atomic mass is 9.85. The molecule has 1 aliphatic heterocycles. The fourth-order valence-corrected chi connectivity index (χ4v) is 3.66. The van der Waals surface area contributed by atoms with E-state index in [1.54, 1.807) is 0 Å². The van der Waals surface area contributed by atoms with E-state index < -0.39 is 0 Å². The van der Waals surface area contributed by atoms with Crippen molar-refractivity contribution in [1.29, 1.82) is 0 Å². The quantitative estimate of drug-likeness (QED) is 0.817. The molecule has 3 nitrogen and oxygen atoms in total. The van der Waals surface area contributed by atoms with Gasteiger partial charge in [-0.2, -0.15) is 0 Å². The number of hydrogen-bond donors (Lipinski definition) is 1. The Labute approximate surface area is 105 Å². The number of nitrogens with one attached hydrogen (secondary N) is 1. The normalized spacial score (nSPS) is 29.9. The van der Waals surface area contributed by atoms with Crippen molar-refractivity contribution in [2.24, 2.45) is 5.92 Å². The summed E-state index contributed by atoms with van der Waals surface area (Å²) in [7, 11) is 1.98. The lowest BCUT2D eigenvalue weighted by Gasteiger charge is -2.42. The van der Waals surface area contributed by atoms with Crippen LogP contribution in [0.3, 0.4) is 0 Å². The van der Waals surface area contributed by atoms with Gasteiger partial charge < -0.3 is 10.2 Å². The summed E-state index contributed by atoms with van der Waals surface area (Å²) in [6, 6.07) is 0.508. The molecule has 1 heterocycles. The maximum Gasteiger partial charge on any atom is 0.223 e. The minimum Gasteiger partial charge on any atom is -0.334 e. The summed E-state index contributed by atoms with van der Waals surface area (Å²) >= 11 is 0. The molecule has 1 saturated heterocycles. The molecular formula is C14H26N2O. The predicted octanol–water partition coefficient (Wildman–Crippen LogP) is 2.17. The van der Waals surface area contributed by atoms with Gasteiger partial charge in [-0.1, -0.05) is 19.3 Å². The summed E-state index contributed by atoms with van der Waals surface area (Å²) in [5.74, 6) is 0.837. The van der Waals surface area contributed by atoms with Crippen LogP contribution in [0.4, 0.5) is 0 Å². The van der Waals surface area contributed by atoms with Crippen molar-refractivity contribution in [2.45, 2.75) is 64.0 Å². The number of nitrogens with zero attached hydrogens (tertiary/aromatic N) is 1. The molecule has 0 radical (unpaired) electrons. The van der Waals surface area contributed by atoms with Gasteiger partial charge in [0.15, 0.2) is 0 Å². The van der Waals surface area contributed by atoms with E-state index >= 15 is 0 Å². The van der Waals surface area contributed by atoms with Crippen molar-refractivity contribution in [3.63, 3.8) is 0 Å². The Hall–Kier alpha value is -0.570. The van der Waals surface area contributed by atoms with Gasteiger partial charge in [-0.15, -0.1) is 0 Å². The van der Waals surface area contributed by atoms with Crippen LogP contribution in [0, 0.1) is 5.92 Å². The summed E-state index contributed by atoms with van der Waals surface area (Å²) in [5.41, 5.74) is 0.0299. The third-order valence-corrected chi connectivity index (χ3v) is 4.70. The van der Waals surface area contributed by atoms with Crippen LogP contribution in [0.2, 0.25) is 0 Å². The molecule has 1 amide bonds. The van der Waals surface area contributed by atoms with Crippen LogP contribution in [-0.4, -0.2) is 36.0 Å². The van der Waals surface area contributed by atoms with Crippen molar-refractivity contribution in [2.75, 3.05) is 13.6 Å². The molecule has 3 heteroatoms. The molecule has 1 aliphatic carbocycles. The topological polar surface area (TPSA) is 32.3 Å². The Balaban J connectivity index is 2.12. The average Bonchev–Trinajstić information content (AvgIpc) is 2.51. The van der Waals surface area contributed by atoms with E-state index in [1.807, 2.05) is 7.05 Å². The monoisotopic (exact) mass is 238 g/mol. The van der Waals surface area contributed by atoms with Crippen LogP contribution in [0.25, 0.3) is 0 Å². The Bertz CT molecular complexity index is 282. The van der Waals surface area contributed by atoms with Crippen LogP contribution in [0.15, 0.2) is 0 Å². The third-order valence-electron chi connectivity index (χ3n) is 4.70. The van der Waals surface area contributed by atoms with Gasteiger partial charge in [0.25, 0.3) is 0 Å². The highest BCUT2D eigenvalue weighted by molar-refractivity contribution is 5.80. The molecule has 2 aliphatic rings. The maximum atomic E-state index is 12.3. The van der Waals surface area contributed by atoms with Gasteiger partial charge in [-0.05, 0) is 33.7 Å². The zero-order valence-electron chi connectivity index (χ0n) is 11.5. The second-order valence-electron chi connectivity index (χ2n) is 6.17. The van der Waals surface area contributed by atoms with Crippen LogP contribution in [0.5, 0.6) is 0 Å². The van der Waals surface area contributed by atoms with Crippen molar-refractivity contribution in [3.05, 3.63) is 0 Å². The first kappa shape index (κ1) is 12.9. The summed E-state index contributed by atoms with van der Waals surface area (Å²) in [4.78, 5) is 14.5. The van der Waals surface area contributed by atoms with Crippen molar-refractivity contribution in [1.82, 2.24) is 10.2 Å². The standard InChI is InChI=1S/C14H26N2O/c1-14(2)11(10-15-3)9-13(17)16(14)12-7-5-4-6-8-12/h11-12,15H,4-10H2,1-3H3. The van der Waals surface area contributed by atoms with E-state index in [9.17, 15) is 4.79 Å². The van der Waals surface area contributed by atoms with E-state index in [0.717, 1.165) is 13.0 Å². The summed E-state index contributed by atoms with van der Waals surface area (Å²) < 4.78 is 0. The SMILES string of the molecule is CNCC1CC(=O)N(C2CCCCC2)C1(C)C. The summed E-state index contributed by atoms with van der Waals surface area (Å²) in [5, 5.41) is 3.23. The fraction of sp³-hybridized carbons (Fsp3) is 0.929. The predicted molar refractivity (Wildman–Crippen MR) is 69.8 cm³/mol. The second kappa shape index (κ2) is 4.97. The molecule has 17 heavy (non-hydrogen) atoms. The summed E-state index contributed by atoms with van der Waals surface area (Å²) in [6.07, 6.45) is 7.08. The van der Waals surface area contributed by atoms with E-state index in [-0.39, 0.29) is 5.54 Å². The van der Waals surface area contributed by atoms with Crippen molar-refractivity contribution < 1.29 is 4.79 Å². The molecule has 1 N–H and O–H groups in total. The molecule has 2 fully saturated rings. The number of carbonyl (C=O) groups is 1. The van der Waals surface area contributed by atoms with Crippen LogP contribution in [0.1, 0.15) is 52.4 Å². The first-order valence-corrected chi connectivity index (χ1v) is 7.04. The van der Waals surface area contributed by atoms with Crippen molar-refractivity contribution in [3.8, 4) is 0 Å². The Morgan fingerprint density at radius 2 is 1.94 bits per heavy atom. The van der Waals surface area contributed by atoms with Gasteiger partial charge in [-0.25, -0.2) is 0 Å². The highest BCUT2D eigenvalue weighted by atomic mass is 16.2. The number of hydrogen-bond acceptors (Lipinski definition) is 2. The minimum absolute atomic E-state index is 0.0299. The van der Waals surface area contributed by atoms with E-state index in [0.29, 0.717) is 17.9 Å². The van der Waals surface area contributed by atoms with Crippen LogP contribution < -0.4 is 5.32 Å². The number of rotatable bonds is 3. The first-order chi connectivity index (χ1) is 8.07. The number of carbonyl (C=O) groups excluding carboxylic acids is 1. The number of amides is 1. The Morgan fingerprint density at radius 3 is 2.53 bits per heavy atom. The van der Waals surface area contributed by atoms with Gasteiger partial charge in [0.2, 0.25) is 5.91 Å². The average molecular weight is 238 g/mol. The molecule has 2 rings (SSSR count). The molecular weight excluding hydrogens is 212 g/mol.